The maximum Gasteiger partial charge on any atom is 0.0786 e. The van der Waals surface area contributed by atoms with E-state index in [-0.39, 0.29) is 0 Å². The molecule has 9 heavy (non-hydrogen) atoms. The van der Waals surface area contributed by atoms with Crippen LogP contribution in [0.5, 0.6) is 0 Å². The van der Waals surface area contributed by atoms with Crippen LogP contribution in [0.2, 0.25) is 0 Å². The monoisotopic (exact) mass is 127 g/mol. The van der Waals surface area contributed by atoms with Crippen LogP contribution >= 0.6 is 0 Å². The molecule has 4 heteroatoms. The minimum absolute atomic E-state index is 0.393. The van der Waals surface area contributed by atoms with E-state index in [1.807, 2.05) is 18.5 Å². The summed E-state index contributed by atoms with van der Waals surface area (Å²) in [6.07, 6.45) is 0. The topological polar surface area (TPSA) is 60.9 Å². The minimum atomic E-state index is 0.393. The number of H-pyrrole nitrogens is 1. The van der Waals surface area contributed by atoms with Gasteiger partial charge in [0.1, 0.15) is 0 Å². The van der Waals surface area contributed by atoms with Gasteiger partial charge in [-0.15, -0.1) is 0 Å². The summed E-state index contributed by atoms with van der Waals surface area (Å²) < 4.78 is 0. The number of aromatic nitrogens is 2. The second kappa shape index (κ2) is 2.61. The zero-order chi connectivity index (χ0) is 6.69. The highest BCUT2D eigenvalue weighted by atomic mass is 16.5. The molecule has 1 aromatic rings. The molecule has 4 nitrogen and oxygen atoms in total. The molecule has 1 rings (SSSR count). The van der Waals surface area contributed by atoms with Crippen LogP contribution in [0.15, 0.2) is 6.07 Å². The number of rotatable bonds is 2. The van der Waals surface area contributed by atoms with Crippen molar-refractivity contribution in [2.75, 3.05) is 0 Å². The molecule has 0 saturated heterocycles. The third kappa shape index (κ3) is 1.51. The van der Waals surface area contributed by atoms with Gasteiger partial charge < -0.3 is 5.21 Å². The molecule has 0 saturated carbocycles. The van der Waals surface area contributed by atoms with E-state index in [9.17, 15) is 0 Å². The van der Waals surface area contributed by atoms with Crippen molar-refractivity contribution in [1.29, 1.82) is 0 Å². The first-order valence-electron chi connectivity index (χ1n) is 2.71. The molecular formula is C5H9N3O. The van der Waals surface area contributed by atoms with E-state index in [0.717, 1.165) is 11.4 Å². The van der Waals surface area contributed by atoms with Crippen LogP contribution < -0.4 is 5.48 Å². The fraction of sp³-hybridized carbons (Fsp3) is 0.400. The van der Waals surface area contributed by atoms with Crippen molar-refractivity contribution in [2.24, 2.45) is 0 Å². The Hall–Kier alpha value is -0.870. The fourth-order valence-corrected chi connectivity index (χ4v) is 0.646. The fourth-order valence-electron chi connectivity index (χ4n) is 0.646. The standard InChI is InChI=1S/C5H9N3O/c1-4-2-5(3-6-9)8-7-4/h2,6,9H,3H2,1H3,(H,7,8). The van der Waals surface area contributed by atoms with Gasteiger partial charge in [-0.3, -0.25) is 5.10 Å². The highest BCUT2D eigenvalue weighted by molar-refractivity contribution is 5.05. The summed E-state index contributed by atoms with van der Waals surface area (Å²) in [6, 6.07) is 1.86. The van der Waals surface area contributed by atoms with Gasteiger partial charge in [-0.05, 0) is 13.0 Å². The van der Waals surface area contributed by atoms with Crippen LogP contribution in [-0.2, 0) is 6.54 Å². The van der Waals surface area contributed by atoms with Crippen LogP contribution in [-0.4, -0.2) is 15.4 Å². The summed E-state index contributed by atoms with van der Waals surface area (Å²) in [5, 5.41) is 14.8. The molecule has 1 aromatic heterocycles. The highest BCUT2D eigenvalue weighted by Crippen LogP contribution is 1.95. The highest BCUT2D eigenvalue weighted by Gasteiger charge is 1.93. The molecule has 0 aromatic carbocycles. The average molecular weight is 127 g/mol. The molecule has 0 aliphatic heterocycles. The zero-order valence-corrected chi connectivity index (χ0v) is 5.18. The molecule has 1 heterocycles. The van der Waals surface area contributed by atoms with Gasteiger partial charge in [-0.1, -0.05) is 0 Å². The van der Waals surface area contributed by atoms with E-state index >= 15 is 0 Å². The van der Waals surface area contributed by atoms with E-state index in [1.165, 1.54) is 0 Å². The van der Waals surface area contributed by atoms with E-state index in [4.69, 9.17) is 5.21 Å². The number of aromatic amines is 1. The normalized spacial score (nSPS) is 10.0. The van der Waals surface area contributed by atoms with Crippen molar-refractivity contribution in [2.45, 2.75) is 13.5 Å². The maximum atomic E-state index is 8.23. The predicted octanol–water partition coefficient (Wildman–Crippen LogP) is 0.197. The number of hydroxylamine groups is 1. The van der Waals surface area contributed by atoms with Crippen molar-refractivity contribution in [1.82, 2.24) is 15.7 Å². The van der Waals surface area contributed by atoms with Crippen molar-refractivity contribution >= 4 is 0 Å². The Kier molecular flexibility index (Phi) is 1.81. The van der Waals surface area contributed by atoms with E-state index in [2.05, 4.69) is 10.2 Å². The first-order valence-corrected chi connectivity index (χ1v) is 2.71. The first-order chi connectivity index (χ1) is 4.33. The lowest BCUT2D eigenvalue weighted by atomic mass is 10.4. The summed E-state index contributed by atoms with van der Waals surface area (Å²) in [7, 11) is 0. The van der Waals surface area contributed by atoms with Crippen LogP contribution in [0.3, 0.4) is 0 Å². The van der Waals surface area contributed by atoms with Gasteiger partial charge in [0.15, 0.2) is 0 Å². The second-order valence-electron chi connectivity index (χ2n) is 1.88. The minimum Gasteiger partial charge on any atom is -0.316 e. The molecule has 0 aliphatic carbocycles. The van der Waals surface area contributed by atoms with E-state index < -0.39 is 0 Å². The summed E-state index contributed by atoms with van der Waals surface area (Å²) >= 11 is 0. The molecule has 0 radical (unpaired) electrons. The number of nitrogens with zero attached hydrogens (tertiary/aromatic N) is 1. The molecule has 0 fully saturated rings. The predicted molar refractivity (Wildman–Crippen MR) is 32.0 cm³/mol. The van der Waals surface area contributed by atoms with Crippen LogP contribution in [0.25, 0.3) is 0 Å². The van der Waals surface area contributed by atoms with Gasteiger partial charge >= 0.3 is 0 Å². The van der Waals surface area contributed by atoms with Crippen molar-refractivity contribution < 1.29 is 5.21 Å². The molecular weight excluding hydrogens is 118 g/mol. The van der Waals surface area contributed by atoms with Crippen LogP contribution in [0.1, 0.15) is 11.4 Å². The largest absolute Gasteiger partial charge is 0.316 e. The third-order valence-corrected chi connectivity index (χ3v) is 1.02. The Morgan fingerprint density at radius 2 is 2.67 bits per heavy atom. The molecule has 0 atom stereocenters. The molecule has 3 N–H and O–H groups in total. The van der Waals surface area contributed by atoms with Gasteiger partial charge in [0.05, 0.1) is 12.2 Å². The Morgan fingerprint density at radius 3 is 3.11 bits per heavy atom. The van der Waals surface area contributed by atoms with E-state index in [1.54, 1.807) is 0 Å². The average Bonchev–Trinajstić information content (AvgIpc) is 2.17. The first kappa shape index (κ1) is 6.25. The number of nitrogens with one attached hydrogen (secondary N) is 2. The molecule has 0 bridgehead atoms. The SMILES string of the molecule is Cc1cc(CNO)n[nH]1. The molecule has 0 spiro atoms. The lowest BCUT2D eigenvalue weighted by Crippen LogP contribution is -2.05. The van der Waals surface area contributed by atoms with Crippen LogP contribution in [0.4, 0.5) is 0 Å². The van der Waals surface area contributed by atoms with Crippen molar-refractivity contribution in [3.8, 4) is 0 Å². The van der Waals surface area contributed by atoms with Gasteiger partial charge in [0.25, 0.3) is 0 Å². The van der Waals surface area contributed by atoms with Gasteiger partial charge in [0, 0.05) is 5.69 Å². The smallest absolute Gasteiger partial charge is 0.0786 e. The number of aryl methyl sites for hydroxylation is 1. The van der Waals surface area contributed by atoms with Gasteiger partial charge in [-0.2, -0.15) is 10.6 Å². The second-order valence-corrected chi connectivity index (χ2v) is 1.88. The van der Waals surface area contributed by atoms with Crippen molar-refractivity contribution in [3.63, 3.8) is 0 Å². The van der Waals surface area contributed by atoms with E-state index in [0.29, 0.717) is 6.54 Å². The van der Waals surface area contributed by atoms with Crippen molar-refractivity contribution in [3.05, 3.63) is 17.5 Å². The maximum absolute atomic E-state index is 8.23. The Bertz CT molecular complexity index is 184. The number of hydrogen-bond acceptors (Lipinski definition) is 3. The zero-order valence-electron chi connectivity index (χ0n) is 5.18. The summed E-state index contributed by atoms with van der Waals surface area (Å²) in [6.45, 7) is 2.30. The summed E-state index contributed by atoms with van der Waals surface area (Å²) in [4.78, 5) is 0. The molecule has 50 valence electrons. The number of hydrogen-bond donors (Lipinski definition) is 3. The third-order valence-electron chi connectivity index (χ3n) is 1.02. The van der Waals surface area contributed by atoms with Crippen LogP contribution in [0, 0.1) is 6.92 Å². The Morgan fingerprint density at radius 1 is 1.89 bits per heavy atom. The molecule has 0 aliphatic rings. The lowest BCUT2D eigenvalue weighted by Gasteiger charge is -1.87. The summed E-state index contributed by atoms with van der Waals surface area (Å²) in [5.41, 5.74) is 3.83. The lowest BCUT2D eigenvalue weighted by molar-refractivity contribution is 0.160. The Balaban J connectivity index is 2.61. The summed E-state index contributed by atoms with van der Waals surface area (Å²) in [5.74, 6) is 0. The van der Waals surface area contributed by atoms with Gasteiger partial charge in [-0.25, -0.2) is 0 Å². The molecule has 0 unspecified atom stereocenters. The van der Waals surface area contributed by atoms with Gasteiger partial charge in [0.2, 0.25) is 0 Å². The quantitative estimate of drug-likeness (QED) is 0.497. The Labute approximate surface area is 52.9 Å². The molecule has 0 amide bonds.